The molecule has 88 valence electrons. The van der Waals surface area contributed by atoms with Gasteiger partial charge in [0.05, 0.1) is 0 Å². The third-order valence-corrected chi connectivity index (χ3v) is 4.58. The van der Waals surface area contributed by atoms with E-state index in [-0.39, 0.29) is 0 Å². The Balaban J connectivity index is 2.17. The number of hydrogen-bond acceptors (Lipinski definition) is 0. The van der Waals surface area contributed by atoms with Gasteiger partial charge < -0.3 is 0 Å². The lowest BCUT2D eigenvalue weighted by molar-refractivity contribution is 0.943. The molecular formula is C14H11BrClI. The van der Waals surface area contributed by atoms with Crippen LogP contribution < -0.4 is 0 Å². The Kier molecular flexibility index (Phi) is 4.88. The molecule has 0 radical (unpaired) electrons. The first-order chi connectivity index (χ1) is 8.16. The van der Waals surface area contributed by atoms with Crippen LogP contribution in [0.15, 0.2) is 48.5 Å². The second-order valence-electron chi connectivity index (χ2n) is 3.82. The Hall–Kier alpha value is -0.0600. The van der Waals surface area contributed by atoms with E-state index in [1.165, 1.54) is 14.7 Å². The third-order valence-electron chi connectivity index (χ3n) is 2.55. The van der Waals surface area contributed by atoms with E-state index < -0.39 is 0 Å². The van der Waals surface area contributed by atoms with E-state index in [0.717, 1.165) is 11.4 Å². The van der Waals surface area contributed by atoms with E-state index in [2.05, 4.69) is 68.9 Å². The number of benzene rings is 2. The predicted octanol–water partition coefficient (Wildman–Crippen LogP) is 5.62. The first-order valence-corrected chi connectivity index (χ1v) is 7.67. The lowest BCUT2D eigenvalue weighted by Crippen LogP contribution is -1.97. The normalized spacial score (nSPS) is 12.4. The van der Waals surface area contributed by atoms with E-state index in [4.69, 9.17) is 11.6 Å². The molecule has 3 heteroatoms. The maximum absolute atomic E-state index is 5.99. The summed E-state index contributed by atoms with van der Waals surface area (Å²) in [6, 6.07) is 16.4. The Labute approximate surface area is 129 Å². The summed E-state index contributed by atoms with van der Waals surface area (Å²) in [5.74, 6) is 0. The standard InChI is InChI=1S/C14H11BrClI/c15-13(12-6-1-2-7-14(12)17)9-10-4-3-5-11(16)8-10/h1-8,13H,9H2. The maximum atomic E-state index is 5.99. The monoisotopic (exact) mass is 420 g/mol. The predicted molar refractivity (Wildman–Crippen MR) is 86.0 cm³/mol. The van der Waals surface area contributed by atoms with Crippen molar-refractivity contribution < 1.29 is 0 Å². The molecule has 0 saturated carbocycles. The van der Waals surface area contributed by atoms with Gasteiger partial charge in [-0.05, 0) is 58.3 Å². The van der Waals surface area contributed by atoms with Gasteiger partial charge in [0.25, 0.3) is 0 Å². The summed E-state index contributed by atoms with van der Waals surface area (Å²) in [6.45, 7) is 0. The summed E-state index contributed by atoms with van der Waals surface area (Å²) in [5.41, 5.74) is 2.58. The summed E-state index contributed by atoms with van der Waals surface area (Å²) >= 11 is 12.1. The van der Waals surface area contributed by atoms with Crippen LogP contribution in [-0.4, -0.2) is 0 Å². The van der Waals surface area contributed by atoms with Crippen molar-refractivity contribution >= 4 is 50.1 Å². The van der Waals surface area contributed by atoms with E-state index in [0.29, 0.717) is 4.83 Å². The second kappa shape index (κ2) is 6.21. The fourth-order valence-corrected chi connectivity index (χ4v) is 3.89. The van der Waals surface area contributed by atoms with Gasteiger partial charge in [0.1, 0.15) is 0 Å². The van der Waals surface area contributed by atoms with Crippen LogP contribution in [-0.2, 0) is 6.42 Å². The Morgan fingerprint density at radius 1 is 1.12 bits per heavy atom. The van der Waals surface area contributed by atoms with Crippen molar-refractivity contribution in [3.63, 3.8) is 0 Å². The molecule has 0 fully saturated rings. The van der Waals surface area contributed by atoms with Crippen LogP contribution in [0.5, 0.6) is 0 Å². The molecule has 0 aromatic heterocycles. The molecule has 0 aliphatic carbocycles. The highest BCUT2D eigenvalue weighted by Crippen LogP contribution is 2.30. The molecule has 0 spiro atoms. The summed E-state index contributed by atoms with van der Waals surface area (Å²) in [5, 5.41) is 0.796. The van der Waals surface area contributed by atoms with Gasteiger partial charge in [0.2, 0.25) is 0 Å². The summed E-state index contributed by atoms with van der Waals surface area (Å²) in [6.07, 6.45) is 0.945. The highest BCUT2D eigenvalue weighted by molar-refractivity contribution is 14.1. The molecule has 0 heterocycles. The molecule has 2 aromatic carbocycles. The average molecular weight is 422 g/mol. The Morgan fingerprint density at radius 3 is 2.59 bits per heavy atom. The smallest absolute Gasteiger partial charge is 0.0446 e. The SMILES string of the molecule is Clc1cccc(CC(Br)c2ccccc2I)c1. The fourth-order valence-electron chi connectivity index (χ4n) is 1.71. The minimum absolute atomic E-state index is 0.328. The van der Waals surface area contributed by atoms with E-state index in [9.17, 15) is 0 Å². The van der Waals surface area contributed by atoms with Gasteiger partial charge in [-0.2, -0.15) is 0 Å². The fraction of sp³-hybridized carbons (Fsp3) is 0.143. The van der Waals surface area contributed by atoms with Crippen molar-refractivity contribution in [3.8, 4) is 0 Å². The summed E-state index contributed by atoms with van der Waals surface area (Å²) in [7, 11) is 0. The lowest BCUT2D eigenvalue weighted by atomic mass is 10.0. The van der Waals surface area contributed by atoms with E-state index >= 15 is 0 Å². The molecule has 0 N–H and O–H groups in total. The van der Waals surface area contributed by atoms with Gasteiger partial charge in [0, 0.05) is 13.4 Å². The summed E-state index contributed by atoms with van der Waals surface area (Å²) < 4.78 is 1.29. The van der Waals surface area contributed by atoms with Crippen LogP contribution in [0.2, 0.25) is 5.02 Å². The van der Waals surface area contributed by atoms with Crippen LogP contribution in [0.4, 0.5) is 0 Å². The minimum Gasteiger partial charge on any atom is -0.0843 e. The quantitative estimate of drug-likeness (QED) is 0.446. The first kappa shape index (κ1) is 13.4. The average Bonchev–Trinajstić information content (AvgIpc) is 2.29. The van der Waals surface area contributed by atoms with Crippen molar-refractivity contribution in [2.24, 2.45) is 0 Å². The zero-order valence-electron chi connectivity index (χ0n) is 9.04. The topological polar surface area (TPSA) is 0 Å². The number of hydrogen-bond donors (Lipinski definition) is 0. The van der Waals surface area contributed by atoms with Crippen LogP contribution in [0.25, 0.3) is 0 Å². The van der Waals surface area contributed by atoms with Gasteiger partial charge in [-0.15, -0.1) is 0 Å². The molecule has 0 nitrogen and oxygen atoms in total. The molecule has 2 rings (SSSR count). The van der Waals surface area contributed by atoms with E-state index in [1.54, 1.807) is 0 Å². The van der Waals surface area contributed by atoms with Gasteiger partial charge in [-0.3, -0.25) is 0 Å². The Bertz CT molecular complexity index is 513. The number of alkyl halides is 1. The van der Waals surface area contributed by atoms with Crippen molar-refractivity contribution in [3.05, 3.63) is 68.3 Å². The molecule has 0 saturated heterocycles. The molecular weight excluding hydrogens is 410 g/mol. The van der Waals surface area contributed by atoms with Crippen molar-refractivity contribution in [1.82, 2.24) is 0 Å². The van der Waals surface area contributed by atoms with Gasteiger partial charge >= 0.3 is 0 Å². The van der Waals surface area contributed by atoms with Crippen LogP contribution >= 0.6 is 50.1 Å². The maximum Gasteiger partial charge on any atom is 0.0446 e. The van der Waals surface area contributed by atoms with Crippen LogP contribution in [0.1, 0.15) is 16.0 Å². The van der Waals surface area contributed by atoms with Crippen molar-refractivity contribution in [1.29, 1.82) is 0 Å². The third kappa shape index (κ3) is 3.70. The number of rotatable bonds is 3. The largest absolute Gasteiger partial charge is 0.0843 e. The highest BCUT2D eigenvalue weighted by atomic mass is 127. The zero-order valence-corrected chi connectivity index (χ0v) is 13.5. The van der Waals surface area contributed by atoms with Crippen molar-refractivity contribution in [2.75, 3.05) is 0 Å². The lowest BCUT2D eigenvalue weighted by Gasteiger charge is -2.12. The molecule has 0 aliphatic rings. The molecule has 0 aliphatic heterocycles. The molecule has 1 unspecified atom stereocenters. The highest BCUT2D eigenvalue weighted by Gasteiger charge is 2.11. The molecule has 2 aromatic rings. The number of halogens is 3. The van der Waals surface area contributed by atoms with Gasteiger partial charge in [0.15, 0.2) is 0 Å². The second-order valence-corrected chi connectivity index (χ2v) is 6.53. The van der Waals surface area contributed by atoms with Crippen LogP contribution in [0.3, 0.4) is 0 Å². The van der Waals surface area contributed by atoms with Crippen molar-refractivity contribution in [2.45, 2.75) is 11.2 Å². The Morgan fingerprint density at radius 2 is 1.88 bits per heavy atom. The first-order valence-electron chi connectivity index (χ1n) is 5.30. The molecule has 17 heavy (non-hydrogen) atoms. The van der Waals surface area contributed by atoms with Gasteiger partial charge in [-0.25, -0.2) is 0 Å². The zero-order chi connectivity index (χ0) is 12.3. The minimum atomic E-state index is 0.328. The van der Waals surface area contributed by atoms with E-state index in [1.807, 2.05) is 18.2 Å². The molecule has 0 amide bonds. The van der Waals surface area contributed by atoms with Gasteiger partial charge in [-0.1, -0.05) is 57.9 Å². The molecule has 1 atom stereocenters. The summed E-state index contributed by atoms with van der Waals surface area (Å²) in [4.78, 5) is 0.328. The molecule has 0 bridgehead atoms. The van der Waals surface area contributed by atoms with Crippen LogP contribution in [0, 0.1) is 3.57 Å².